The first kappa shape index (κ1) is 17.8. The van der Waals surface area contributed by atoms with Gasteiger partial charge in [0.15, 0.2) is 11.5 Å². The average molecular weight is 329 g/mol. The van der Waals surface area contributed by atoms with Crippen LogP contribution in [0.15, 0.2) is 48.5 Å². The number of hydrogen-bond donors (Lipinski definition) is 1. The minimum absolute atomic E-state index is 0.141. The normalized spacial score (nSPS) is 12.0. The molecule has 2 rings (SSSR count). The lowest BCUT2D eigenvalue weighted by atomic mass is 10.1. The van der Waals surface area contributed by atoms with Crippen LogP contribution in [0.2, 0.25) is 0 Å². The zero-order valence-corrected chi connectivity index (χ0v) is 14.2. The summed E-state index contributed by atoms with van der Waals surface area (Å²) in [5.41, 5.74) is 1.24. The van der Waals surface area contributed by atoms with E-state index in [1.54, 1.807) is 6.07 Å². The van der Waals surface area contributed by atoms with Crippen LogP contribution in [-0.4, -0.2) is 43.7 Å². The molecule has 2 aromatic carbocycles. The smallest absolute Gasteiger partial charge is 0.335 e. The Balaban J connectivity index is 2.27. The van der Waals surface area contributed by atoms with Crippen LogP contribution < -0.4 is 9.47 Å². The fourth-order valence-electron chi connectivity index (χ4n) is 2.39. The van der Waals surface area contributed by atoms with Gasteiger partial charge in [-0.05, 0) is 37.9 Å². The van der Waals surface area contributed by atoms with E-state index in [0.717, 1.165) is 18.5 Å². The zero-order valence-electron chi connectivity index (χ0n) is 14.2. The highest BCUT2D eigenvalue weighted by Gasteiger charge is 2.17. The number of aromatic carboxylic acids is 1. The first-order chi connectivity index (χ1) is 11.5. The van der Waals surface area contributed by atoms with Gasteiger partial charge in [0, 0.05) is 13.0 Å². The predicted octanol–water partition coefficient (Wildman–Crippen LogP) is 3.47. The van der Waals surface area contributed by atoms with Crippen molar-refractivity contribution in [3.8, 4) is 11.5 Å². The quantitative estimate of drug-likeness (QED) is 0.803. The fraction of sp³-hybridized carbons (Fsp3) is 0.316. The summed E-state index contributed by atoms with van der Waals surface area (Å²) >= 11 is 0. The summed E-state index contributed by atoms with van der Waals surface area (Å²) in [6, 6.07) is 14.6. The number of rotatable bonds is 8. The van der Waals surface area contributed by atoms with E-state index in [1.165, 1.54) is 19.2 Å². The largest absolute Gasteiger partial charge is 0.493 e. The maximum absolute atomic E-state index is 11.1. The lowest BCUT2D eigenvalue weighted by Gasteiger charge is -2.22. The third-order valence-electron chi connectivity index (χ3n) is 3.69. The molecular weight excluding hydrogens is 306 g/mol. The Morgan fingerprint density at radius 1 is 1.12 bits per heavy atom. The van der Waals surface area contributed by atoms with Crippen molar-refractivity contribution in [1.82, 2.24) is 4.90 Å². The van der Waals surface area contributed by atoms with Crippen molar-refractivity contribution < 1.29 is 19.4 Å². The maximum Gasteiger partial charge on any atom is 0.335 e. The molecule has 0 aliphatic heterocycles. The van der Waals surface area contributed by atoms with Gasteiger partial charge < -0.3 is 19.5 Å². The van der Waals surface area contributed by atoms with Crippen molar-refractivity contribution in [1.29, 1.82) is 0 Å². The third kappa shape index (κ3) is 4.73. The number of hydrogen-bond acceptors (Lipinski definition) is 4. The van der Waals surface area contributed by atoms with Crippen LogP contribution in [0.25, 0.3) is 0 Å². The number of carbonyl (C=O) groups is 1. The lowest BCUT2D eigenvalue weighted by Crippen LogP contribution is -2.19. The molecule has 0 saturated heterocycles. The van der Waals surface area contributed by atoms with Gasteiger partial charge in [-0.3, -0.25) is 0 Å². The van der Waals surface area contributed by atoms with Gasteiger partial charge in [0.25, 0.3) is 0 Å². The first-order valence-electron chi connectivity index (χ1n) is 7.79. The van der Waals surface area contributed by atoms with E-state index in [1.807, 2.05) is 44.4 Å². The van der Waals surface area contributed by atoms with Crippen molar-refractivity contribution in [2.45, 2.75) is 12.5 Å². The summed E-state index contributed by atoms with van der Waals surface area (Å²) in [4.78, 5) is 13.2. The second-order valence-electron chi connectivity index (χ2n) is 5.78. The van der Waals surface area contributed by atoms with Crippen molar-refractivity contribution in [3.05, 3.63) is 59.7 Å². The van der Waals surface area contributed by atoms with Gasteiger partial charge in [0.1, 0.15) is 6.10 Å². The van der Waals surface area contributed by atoms with E-state index < -0.39 is 5.97 Å². The van der Waals surface area contributed by atoms with Gasteiger partial charge in [-0.15, -0.1) is 0 Å². The third-order valence-corrected chi connectivity index (χ3v) is 3.69. The van der Waals surface area contributed by atoms with E-state index in [-0.39, 0.29) is 11.7 Å². The molecule has 0 aliphatic rings. The number of benzene rings is 2. The topological polar surface area (TPSA) is 59.0 Å². The van der Waals surface area contributed by atoms with Gasteiger partial charge in [0.2, 0.25) is 0 Å². The number of ether oxygens (including phenoxy) is 2. The van der Waals surface area contributed by atoms with Gasteiger partial charge in [-0.25, -0.2) is 4.79 Å². The highest BCUT2D eigenvalue weighted by molar-refractivity contribution is 5.88. The molecule has 24 heavy (non-hydrogen) atoms. The van der Waals surface area contributed by atoms with Crippen molar-refractivity contribution in [2.24, 2.45) is 0 Å². The van der Waals surface area contributed by atoms with Gasteiger partial charge in [0.05, 0.1) is 12.7 Å². The number of nitrogens with zero attached hydrogens (tertiary/aromatic N) is 1. The SMILES string of the molecule is COc1cc(C(=O)O)ccc1O[C@H](CCN(C)C)c1ccccc1. The Bertz CT molecular complexity index is 670. The molecule has 0 fully saturated rings. The molecule has 5 nitrogen and oxygen atoms in total. The molecule has 0 amide bonds. The van der Waals surface area contributed by atoms with Crippen LogP contribution in [0.3, 0.4) is 0 Å². The Morgan fingerprint density at radius 2 is 1.83 bits per heavy atom. The second-order valence-corrected chi connectivity index (χ2v) is 5.78. The molecule has 1 atom stereocenters. The van der Waals surface area contributed by atoms with Crippen molar-refractivity contribution in [2.75, 3.05) is 27.7 Å². The Hall–Kier alpha value is -2.53. The number of carboxylic acid groups (broad SMARTS) is 1. The molecule has 0 bridgehead atoms. The zero-order chi connectivity index (χ0) is 17.5. The summed E-state index contributed by atoms with van der Waals surface area (Å²) in [5.74, 6) is -0.0390. The average Bonchev–Trinajstić information content (AvgIpc) is 2.59. The molecule has 0 heterocycles. The molecule has 0 aromatic heterocycles. The van der Waals surface area contributed by atoms with E-state index in [2.05, 4.69) is 4.90 Å². The summed E-state index contributed by atoms with van der Waals surface area (Å²) in [6.45, 7) is 0.870. The summed E-state index contributed by atoms with van der Waals surface area (Å²) in [7, 11) is 5.54. The van der Waals surface area contributed by atoms with Crippen LogP contribution in [0.5, 0.6) is 11.5 Å². The standard InChI is InChI=1S/C19H23NO4/c1-20(2)12-11-16(14-7-5-4-6-8-14)24-17-10-9-15(19(21)22)13-18(17)23-3/h4-10,13,16H,11-12H2,1-3H3,(H,21,22)/t16-/m1/s1. The Labute approximate surface area is 142 Å². The molecule has 0 saturated carbocycles. The minimum Gasteiger partial charge on any atom is -0.493 e. The molecule has 0 aliphatic carbocycles. The summed E-state index contributed by atoms with van der Waals surface area (Å²) in [5, 5.41) is 9.10. The molecule has 0 spiro atoms. The molecule has 1 N–H and O–H groups in total. The first-order valence-corrected chi connectivity index (χ1v) is 7.79. The molecule has 0 radical (unpaired) electrons. The Morgan fingerprint density at radius 3 is 2.42 bits per heavy atom. The van der Waals surface area contributed by atoms with Gasteiger partial charge in [-0.2, -0.15) is 0 Å². The predicted molar refractivity (Wildman–Crippen MR) is 92.9 cm³/mol. The van der Waals surface area contributed by atoms with E-state index in [0.29, 0.717) is 11.5 Å². The summed E-state index contributed by atoms with van der Waals surface area (Å²) < 4.78 is 11.5. The fourth-order valence-corrected chi connectivity index (χ4v) is 2.39. The highest BCUT2D eigenvalue weighted by Crippen LogP contribution is 2.33. The molecule has 5 heteroatoms. The number of carboxylic acids is 1. The van der Waals surface area contributed by atoms with Crippen LogP contribution in [-0.2, 0) is 0 Å². The van der Waals surface area contributed by atoms with Crippen LogP contribution in [0.1, 0.15) is 28.4 Å². The van der Waals surface area contributed by atoms with Gasteiger partial charge in [-0.1, -0.05) is 30.3 Å². The van der Waals surface area contributed by atoms with Crippen molar-refractivity contribution in [3.63, 3.8) is 0 Å². The minimum atomic E-state index is -0.993. The maximum atomic E-state index is 11.1. The van der Waals surface area contributed by atoms with E-state index in [4.69, 9.17) is 14.6 Å². The van der Waals surface area contributed by atoms with E-state index >= 15 is 0 Å². The van der Waals surface area contributed by atoms with Crippen molar-refractivity contribution >= 4 is 5.97 Å². The lowest BCUT2D eigenvalue weighted by molar-refractivity contribution is 0.0696. The highest BCUT2D eigenvalue weighted by atomic mass is 16.5. The summed E-state index contributed by atoms with van der Waals surface area (Å²) in [6.07, 6.45) is 0.666. The molecule has 0 unspecified atom stereocenters. The van der Waals surface area contributed by atoms with Crippen LogP contribution >= 0.6 is 0 Å². The van der Waals surface area contributed by atoms with Gasteiger partial charge >= 0.3 is 5.97 Å². The molecule has 2 aromatic rings. The number of methoxy groups -OCH3 is 1. The molecule has 128 valence electrons. The molecular formula is C19H23NO4. The van der Waals surface area contributed by atoms with Crippen LogP contribution in [0.4, 0.5) is 0 Å². The van der Waals surface area contributed by atoms with E-state index in [9.17, 15) is 4.79 Å². The second kappa shape index (κ2) is 8.36. The monoisotopic (exact) mass is 329 g/mol. The Kier molecular flexibility index (Phi) is 6.21. The van der Waals surface area contributed by atoms with Crippen LogP contribution in [0, 0.1) is 0 Å².